The van der Waals surface area contributed by atoms with Gasteiger partial charge in [0.2, 0.25) is 0 Å². The summed E-state index contributed by atoms with van der Waals surface area (Å²) in [5, 5.41) is 14.2. The SMILES string of the molecule is CC(C)CCC[C@@H](C)[C@H]1CC[C@H]2[C@@H]3CC=C4C[C@@H](OC(=O)OCCCCCCOC(=O)[C@H](N)CCCCN)CC[C@]4(C)[C@H]3CC[C@]12C.O=C(O)C(F)(F)F.O=C(O)C(F)(F)F. The van der Waals surface area contributed by atoms with Crippen LogP contribution in [0.25, 0.3) is 0 Å². The molecule has 4 rings (SSSR count). The lowest BCUT2D eigenvalue weighted by atomic mass is 9.47. The van der Waals surface area contributed by atoms with E-state index >= 15 is 0 Å². The van der Waals surface area contributed by atoms with Crippen LogP contribution in [-0.4, -0.2) is 78.5 Å². The van der Waals surface area contributed by atoms with Crippen LogP contribution in [0, 0.1) is 46.3 Å². The predicted molar refractivity (Wildman–Crippen MR) is 217 cm³/mol. The van der Waals surface area contributed by atoms with Crippen LogP contribution < -0.4 is 11.5 Å². The largest absolute Gasteiger partial charge is 0.508 e. The highest BCUT2D eigenvalue weighted by molar-refractivity contribution is 5.75. The molecule has 9 atom stereocenters. The average molecular weight is 887 g/mol. The van der Waals surface area contributed by atoms with E-state index in [0.717, 1.165) is 93.3 Å². The van der Waals surface area contributed by atoms with Crippen molar-refractivity contribution in [2.45, 2.75) is 175 Å². The normalized spacial score (nSPS) is 27.9. The van der Waals surface area contributed by atoms with E-state index in [0.29, 0.717) is 31.6 Å². The molecule has 0 aliphatic heterocycles. The first-order valence-electron chi connectivity index (χ1n) is 22.1. The molecule has 0 spiro atoms. The van der Waals surface area contributed by atoms with Crippen LogP contribution in [0.4, 0.5) is 31.1 Å². The molecule has 0 unspecified atom stereocenters. The maximum Gasteiger partial charge on any atom is 0.508 e. The number of alkyl halides is 6. The highest BCUT2D eigenvalue weighted by Gasteiger charge is 2.59. The first-order valence-corrected chi connectivity index (χ1v) is 22.1. The fourth-order valence-electron chi connectivity index (χ4n) is 10.5. The second kappa shape index (κ2) is 24.7. The Morgan fingerprint density at radius 1 is 0.770 bits per heavy atom. The number of aliphatic carboxylic acids is 2. The molecule has 0 radical (unpaired) electrons. The van der Waals surface area contributed by atoms with Crippen LogP contribution in [0.1, 0.15) is 150 Å². The topological polar surface area (TPSA) is 188 Å². The van der Waals surface area contributed by atoms with Crippen molar-refractivity contribution in [3.63, 3.8) is 0 Å². The standard InChI is InChI=1S/C40H70N2O5.2C2HF3O2/c1-28(2)13-12-14-29(3)33-18-19-34-32-17-16-30-27-31(20-22-39(30,4)35(32)21-23-40(33,34)5)47-38(44)46-26-11-7-6-10-25-45-37(43)36(42)15-8-9-24-41;2*3-2(4,5)1(6)7/h16,28-29,31-36H,6-15,17-27,41-42H2,1-5H3;2*(H,6,7)/t29-,31+,32+,33-,34+,35+,36-,39+,40-;;/m1../s1. The molecule has 0 aromatic rings. The minimum atomic E-state index is -5.08. The van der Waals surface area contributed by atoms with Gasteiger partial charge in [-0.3, -0.25) is 4.79 Å². The molecular weight excluding hydrogens is 814 g/mol. The van der Waals surface area contributed by atoms with Gasteiger partial charge in [-0.1, -0.05) is 72.0 Å². The van der Waals surface area contributed by atoms with E-state index < -0.39 is 36.5 Å². The fraction of sp³-hybridized carbons (Fsp3) is 0.864. The third-order valence-electron chi connectivity index (χ3n) is 13.8. The summed E-state index contributed by atoms with van der Waals surface area (Å²) in [7, 11) is 0. The van der Waals surface area contributed by atoms with Crippen LogP contribution >= 0.6 is 0 Å². The van der Waals surface area contributed by atoms with Crippen molar-refractivity contribution in [1.82, 2.24) is 0 Å². The quantitative estimate of drug-likeness (QED) is 0.0444. The van der Waals surface area contributed by atoms with Crippen molar-refractivity contribution in [3.8, 4) is 0 Å². The van der Waals surface area contributed by atoms with E-state index in [2.05, 4.69) is 40.7 Å². The lowest BCUT2D eigenvalue weighted by Crippen LogP contribution is -2.51. The molecule has 11 nitrogen and oxygen atoms in total. The number of hydrogen-bond donors (Lipinski definition) is 4. The molecule has 61 heavy (non-hydrogen) atoms. The smallest absolute Gasteiger partial charge is 0.475 e. The van der Waals surface area contributed by atoms with Crippen molar-refractivity contribution in [2.24, 2.45) is 57.8 Å². The van der Waals surface area contributed by atoms with E-state index in [1.54, 1.807) is 5.57 Å². The van der Waals surface area contributed by atoms with Gasteiger partial charge in [0, 0.05) is 6.42 Å². The first-order chi connectivity index (χ1) is 28.4. The Hall–Kier alpha value is -3.08. The van der Waals surface area contributed by atoms with E-state index in [9.17, 15) is 35.9 Å². The summed E-state index contributed by atoms with van der Waals surface area (Å²) in [6.07, 6.45) is 11.4. The molecule has 4 aliphatic rings. The Bertz CT molecular complexity index is 1400. The zero-order valence-corrected chi connectivity index (χ0v) is 36.7. The van der Waals surface area contributed by atoms with Gasteiger partial charge < -0.3 is 35.9 Å². The van der Waals surface area contributed by atoms with Gasteiger partial charge in [-0.15, -0.1) is 0 Å². The van der Waals surface area contributed by atoms with Gasteiger partial charge in [-0.05, 0) is 136 Å². The second-order valence-corrected chi connectivity index (χ2v) is 18.4. The molecule has 0 amide bonds. The van der Waals surface area contributed by atoms with Gasteiger partial charge >= 0.3 is 36.4 Å². The summed E-state index contributed by atoms with van der Waals surface area (Å²) < 4.78 is 80.0. The summed E-state index contributed by atoms with van der Waals surface area (Å²) in [4.78, 5) is 42.3. The van der Waals surface area contributed by atoms with Crippen LogP contribution in [0.5, 0.6) is 0 Å². The molecule has 17 heteroatoms. The number of fused-ring (bicyclic) bond motifs is 5. The summed E-state index contributed by atoms with van der Waals surface area (Å²) in [6.45, 7) is 13.8. The number of carboxylic acids is 2. The molecule has 354 valence electrons. The number of rotatable bonds is 18. The molecule has 0 saturated heterocycles. The number of halogens is 6. The lowest BCUT2D eigenvalue weighted by molar-refractivity contribution is -0.193. The predicted octanol–water partition coefficient (Wildman–Crippen LogP) is 10.4. The average Bonchev–Trinajstić information content (AvgIpc) is 3.53. The molecule has 0 heterocycles. The second-order valence-electron chi connectivity index (χ2n) is 18.4. The number of unbranched alkanes of at least 4 members (excludes halogenated alkanes) is 4. The maximum absolute atomic E-state index is 12.6. The van der Waals surface area contributed by atoms with E-state index in [1.807, 2.05) is 0 Å². The minimum absolute atomic E-state index is 0.0776. The van der Waals surface area contributed by atoms with Crippen LogP contribution in [0.3, 0.4) is 0 Å². The number of carboxylic acid groups (broad SMARTS) is 2. The van der Waals surface area contributed by atoms with Crippen molar-refractivity contribution in [3.05, 3.63) is 11.6 Å². The number of hydrogen-bond acceptors (Lipinski definition) is 9. The molecule has 0 aromatic carbocycles. The molecule has 4 aliphatic carbocycles. The molecule has 0 bridgehead atoms. The van der Waals surface area contributed by atoms with Gasteiger partial charge in [-0.25, -0.2) is 14.4 Å². The van der Waals surface area contributed by atoms with Crippen molar-refractivity contribution in [2.75, 3.05) is 19.8 Å². The highest BCUT2D eigenvalue weighted by Crippen LogP contribution is 2.67. The van der Waals surface area contributed by atoms with Gasteiger partial charge in [0.1, 0.15) is 12.1 Å². The van der Waals surface area contributed by atoms with E-state index in [1.165, 1.54) is 51.4 Å². The Morgan fingerprint density at radius 2 is 1.36 bits per heavy atom. The Labute approximate surface area is 357 Å². The van der Waals surface area contributed by atoms with Crippen molar-refractivity contribution in [1.29, 1.82) is 0 Å². The number of carbonyl (C=O) groups excluding carboxylic acids is 2. The van der Waals surface area contributed by atoms with Gasteiger partial charge in [0.15, 0.2) is 0 Å². The lowest BCUT2D eigenvalue weighted by Gasteiger charge is -2.58. The Kier molecular flexibility index (Phi) is 21.9. The number of nitrogens with two attached hydrogens (primary N) is 2. The van der Waals surface area contributed by atoms with E-state index in [4.69, 9.17) is 45.5 Å². The Morgan fingerprint density at radius 3 is 1.92 bits per heavy atom. The molecule has 3 fully saturated rings. The molecular formula is C44H72F6N2O9. The molecule has 6 N–H and O–H groups in total. The highest BCUT2D eigenvalue weighted by atomic mass is 19.4. The van der Waals surface area contributed by atoms with Gasteiger partial charge in [-0.2, -0.15) is 26.3 Å². The Balaban J connectivity index is 0.000000784. The maximum atomic E-state index is 12.6. The van der Waals surface area contributed by atoms with Crippen LogP contribution in [0.15, 0.2) is 11.6 Å². The van der Waals surface area contributed by atoms with Crippen LogP contribution in [0.2, 0.25) is 0 Å². The third kappa shape index (κ3) is 16.9. The fourth-order valence-corrected chi connectivity index (χ4v) is 10.5. The summed E-state index contributed by atoms with van der Waals surface area (Å²) in [5.41, 5.74) is 13.7. The summed E-state index contributed by atoms with van der Waals surface area (Å²) >= 11 is 0. The van der Waals surface area contributed by atoms with Gasteiger partial charge in [0.05, 0.1) is 13.2 Å². The minimum Gasteiger partial charge on any atom is -0.475 e. The number of ether oxygens (including phenoxy) is 3. The van der Waals surface area contributed by atoms with Gasteiger partial charge in [0.25, 0.3) is 0 Å². The van der Waals surface area contributed by atoms with Crippen LogP contribution in [-0.2, 0) is 28.6 Å². The van der Waals surface area contributed by atoms with E-state index in [-0.39, 0.29) is 17.5 Å². The summed E-state index contributed by atoms with van der Waals surface area (Å²) in [5.74, 6) is -0.853. The monoisotopic (exact) mass is 887 g/mol. The van der Waals surface area contributed by atoms with Crippen molar-refractivity contribution >= 4 is 24.1 Å². The van der Waals surface area contributed by atoms with Crippen molar-refractivity contribution < 1.29 is 69.9 Å². The number of esters is 1. The third-order valence-corrected chi connectivity index (χ3v) is 13.8. The zero-order valence-electron chi connectivity index (χ0n) is 36.7. The first kappa shape index (κ1) is 54.1. The summed E-state index contributed by atoms with van der Waals surface area (Å²) in [6, 6.07) is -0.563. The number of carbonyl (C=O) groups is 4. The molecule has 0 aromatic heterocycles. The number of allylic oxidation sites excluding steroid dienone is 1. The zero-order chi connectivity index (χ0) is 46.2. The molecule has 3 saturated carbocycles.